The van der Waals surface area contributed by atoms with Gasteiger partial charge in [0.1, 0.15) is 11.2 Å². The van der Waals surface area contributed by atoms with E-state index in [0.717, 1.165) is 45.3 Å². The first kappa shape index (κ1) is 26.5. The predicted octanol–water partition coefficient (Wildman–Crippen LogP) is 4.67. The van der Waals surface area contributed by atoms with E-state index in [9.17, 15) is 9.59 Å². The van der Waals surface area contributed by atoms with Crippen LogP contribution in [0.4, 0.5) is 9.59 Å². The second-order valence-electron chi connectivity index (χ2n) is 10.5. The summed E-state index contributed by atoms with van der Waals surface area (Å²) in [5.74, 6) is 0.873. The highest BCUT2D eigenvalue weighted by Crippen LogP contribution is 2.21. The maximum Gasteiger partial charge on any atom is 0.410 e. The van der Waals surface area contributed by atoms with Gasteiger partial charge < -0.3 is 24.4 Å². The van der Waals surface area contributed by atoms with E-state index >= 15 is 0 Å². The molecule has 0 spiro atoms. The van der Waals surface area contributed by atoms with Crippen molar-refractivity contribution in [2.24, 2.45) is 11.8 Å². The summed E-state index contributed by atoms with van der Waals surface area (Å²) in [5, 5.41) is 9.04. The summed E-state index contributed by atoms with van der Waals surface area (Å²) >= 11 is 0. The molecule has 0 aromatic heterocycles. The zero-order valence-corrected chi connectivity index (χ0v) is 20.2. The van der Waals surface area contributed by atoms with Gasteiger partial charge in [-0.05, 0) is 79.1 Å². The largest absolute Gasteiger partial charge is 0.444 e. The fourth-order valence-corrected chi connectivity index (χ4v) is 3.60. The van der Waals surface area contributed by atoms with E-state index in [1.165, 1.54) is 6.42 Å². The van der Waals surface area contributed by atoms with Gasteiger partial charge in [-0.15, -0.1) is 0 Å². The van der Waals surface area contributed by atoms with E-state index in [0.29, 0.717) is 12.5 Å². The van der Waals surface area contributed by atoms with Crippen molar-refractivity contribution in [2.75, 3.05) is 32.8 Å². The quantitative estimate of drug-likeness (QED) is 0.691. The van der Waals surface area contributed by atoms with Crippen LogP contribution >= 0.6 is 0 Å². The number of carbonyl (C=O) groups excluding carboxylic acids is 2. The molecule has 1 N–H and O–H groups in total. The predicted molar refractivity (Wildman–Crippen MR) is 118 cm³/mol. The van der Waals surface area contributed by atoms with E-state index < -0.39 is 5.60 Å². The highest BCUT2D eigenvalue weighted by molar-refractivity contribution is 5.68. The first-order valence-electron chi connectivity index (χ1n) is 11.4. The molecule has 2 heterocycles. The molecule has 2 fully saturated rings. The molecule has 30 heavy (non-hydrogen) atoms. The highest BCUT2D eigenvalue weighted by Gasteiger charge is 2.28. The van der Waals surface area contributed by atoms with E-state index in [1.807, 2.05) is 46.4 Å². The fourth-order valence-electron chi connectivity index (χ4n) is 3.60. The van der Waals surface area contributed by atoms with Gasteiger partial charge in [-0.3, -0.25) is 0 Å². The van der Waals surface area contributed by atoms with Crippen molar-refractivity contribution >= 4 is 12.2 Å². The number of amides is 2. The van der Waals surface area contributed by atoms with Crippen molar-refractivity contribution < 1.29 is 24.2 Å². The zero-order chi connectivity index (χ0) is 22.9. The molecule has 176 valence electrons. The van der Waals surface area contributed by atoms with Gasteiger partial charge in [0.2, 0.25) is 0 Å². The Labute approximate surface area is 183 Å². The van der Waals surface area contributed by atoms with Crippen molar-refractivity contribution in [1.82, 2.24) is 9.80 Å². The third-order valence-corrected chi connectivity index (χ3v) is 5.18. The lowest BCUT2D eigenvalue weighted by Gasteiger charge is -2.33. The topological polar surface area (TPSA) is 79.3 Å². The van der Waals surface area contributed by atoms with Crippen LogP contribution in [0.2, 0.25) is 0 Å². The van der Waals surface area contributed by atoms with Crippen LogP contribution in [-0.2, 0) is 9.47 Å². The van der Waals surface area contributed by atoms with Crippen LogP contribution in [0.25, 0.3) is 0 Å². The summed E-state index contributed by atoms with van der Waals surface area (Å²) in [4.78, 5) is 27.0. The number of likely N-dealkylation sites (tertiary alicyclic amines) is 2. The smallest absolute Gasteiger partial charge is 0.410 e. The summed E-state index contributed by atoms with van der Waals surface area (Å²) in [5.41, 5.74) is -0.820. The minimum absolute atomic E-state index is 0.152. The lowest BCUT2D eigenvalue weighted by atomic mass is 9.96. The molecule has 0 saturated carbocycles. The van der Waals surface area contributed by atoms with Gasteiger partial charge >= 0.3 is 12.2 Å². The molecule has 2 aliphatic rings. The second-order valence-corrected chi connectivity index (χ2v) is 10.5. The lowest BCUT2D eigenvalue weighted by Crippen LogP contribution is -2.43. The first-order chi connectivity index (χ1) is 13.8. The first-order valence-corrected chi connectivity index (χ1v) is 11.4. The summed E-state index contributed by atoms with van der Waals surface area (Å²) in [6, 6.07) is 0. The number of hydrogen-bond acceptors (Lipinski definition) is 5. The number of rotatable bonds is 2. The molecule has 7 heteroatoms. The minimum Gasteiger partial charge on any atom is -0.444 e. The number of nitrogens with zero attached hydrogens (tertiary/aromatic N) is 2. The van der Waals surface area contributed by atoms with Crippen LogP contribution in [0, 0.1) is 11.8 Å². The van der Waals surface area contributed by atoms with Gasteiger partial charge in [0.25, 0.3) is 0 Å². The van der Waals surface area contributed by atoms with Crippen molar-refractivity contribution in [3.05, 3.63) is 0 Å². The van der Waals surface area contributed by atoms with Crippen LogP contribution in [0.5, 0.6) is 0 Å². The van der Waals surface area contributed by atoms with Crippen molar-refractivity contribution in [3.8, 4) is 0 Å². The Morgan fingerprint density at radius 2 is 1.23 bits per heavy atom. The number of carbonyl (C=O) groups is 2. The van der Waals surface area contributed by atoms with Crippen LogP contribution in [-0.4, -0.2) is 71.1 Å². The van der Waals surface area contributed by atoms with E-state index in [4.69, 9.17) is 14.6 Å². The number of aliphatic hydroxyl groups is 1. The summed E-state index contributed by atoms with van der Waals surface area (Å²) in [6.45, 7) is 16.7. The standard InChI is InChI=1S/C12H23NO2.C11H21NO3/c1-5-10-7-6-8-13(9-10)11(14)15-12(2,3)4;1-11(2,3)15-10(14)12-6-4-5-9(7-12)8-13/h10H,5-9H2,1-4H3;9,13H,4-8H2,1-3H3/t10-;9-/m00/s1. The average molecular weight is 429 g/mol. The van der Waals surface area contributed by atoms with Gasteiger partial charge in [-0.1, -0.05) is 13.3 Å². The number of aliphatic hydroxyl groups excluding tert-OH is 1. The Kier molecular flexibility index (Phi) is 10.4. The summed E-state index contributed by atoms with van der Waals surface area (Å²) < 4.78 is 10.6. The van der Waals surface area contributed by atoms with Gasteiger partial charge in [0.05, 0.1) is 0 Å². The van der Waals surface area contributed by atoms with Gasteiger partial charge in [0.15, 0.2) is 0 Å². The van der Waals surface area contributed by atoms with Crippen LogP contribution < -0.4 is 0 Å². The Bertz CT molecular complexity index is 491. The second kappa shape index (κ2) is 11.8. The van der Waals surface area contributed by atoms with Gasteiger partial charge in [-0.25, -0.2) is 9.59 Å². The van der Waals surface area contributed by atoms with Gasteiger partial charge in [0, 0.05) is 32.8 Å². The maximum absolute atomic E-state index is 11.8. The molecule has 2 saturated heterocycles. The van der Waals surface area contributed by atoms with Crippen LogP contribution in [0.1, 0.15) is 80.6 Å². The number of hydrogen-bond donors (Lipinski definition) is 1. The normalized spacial score (nSPS) is 22.7. The molecule has 2 rings (SSSR count). The Hall–Kier alpha value is -1.50. The number of ether oxygens (including phenoxy) is 2. The molecular formula is C23H44N2O5. The van der Waals surface area contributed by atoms with Crippen molar-refractivity contribution in [1.29, 1.82) is 0 Å². The molecule has 0 bridgehead atoms. The molecule has 0 unspecified atom stereocenters. The minimum atomic E-state index is -0.441. The molecule has 7 nitrogen and oxygen atoms in total. The molecule has 2 atom stereocenters. The van der Waals surface area contributed by atoms with Crippen LogP contribution in [0.3, 0.4) is 0 Å². The molecule has 0 radical (unpaired) electrons. The third-order valence-electron chi connectivity index (χ3n) is 5.18. The molecule has 2 amide bonds. The van der Waals surface area contributed by atoms with E-state index in [-0.39, 0.29) is 30.3 Å². The number of piperidine rings is 2. The third kappa shape index (κ3) is 10.5. The molecule has 0 aromatic rings. The van der Waals surface area contributed by atoms with Gasteiger partial charge in [-0.2, -0.15) is 0 Å². The molecule has 0 aliphatic carbocycles. The summed E-state index contributed by atoms with van der Waals surface area (Å²) in [7, 11) is 0. The molecule has 0 aromatic carbocycles. The maximum atomic E-state index is 11.8. The Morgan fingerprint density at radius 3 is 1.60 bits per heavy atom. The Balaban J connectivity index is 0.000000300. The van der Waals surface area contributed by atoms with E-state index in [1.54, 1.807) is 4.90 Å². The van der Waals surface area contributed by atoms with Crippen molar-refractivity contribution in [2.45, 2.75) is 91.8 Å². The summed E-state index contributed by atoms with van der Waals surface area (Å²) in [6.07, 6.45) is 5.04. The zero-order valence-electron chi connectivity index (χ0n) is 20.2. The van der Waals surface area contributed by atoms with Crippen molar-refractivity contribution in [3.63, 3.8) is 0 Å². The average Bonchev–Trinajstić information content (AvgIpc) is 2.66. The molecule has 2 aliphatic heterocycles. The van der Waals surface area contributed by atoms with E-state index in [2.05, 4.69) is 6.92 Å². The lowest BCUT2D eigenvalue weighted by molar-refractivity contribution is 0.0129. The SMILES string of the molecule is CC(C)(C)OC(=O)N1CCC[C@H](CO)C1.CC[C@H]1CCCN(C(=O)OC(C)(C)C)C1. The Morgan fingerprint density at radius 1 is 0.833 bits per heavy atom. The molecular weight excluding hydrogens is 384 g/mol. The fraction of sp³-hybridized carbons (Fsp3) is 0.913. The van der Waals surface area contributed by atoms with Crippen LogP contribution in [0.15, 0.2) is 0 Å². The monoisotopic (exact) mass is 428 g/mol. The highest BCUT2D eigenvalue weighted by atomic mass is 16.6.